The van der Waals surface area contributed by atoms with Crippen LogP contribution in [0.5, 0.6) is 0 Å². The number of methoxy groups -OCH3 is 2. The van der Waals surface area contributed by atoms with Gasteiger partial charge in [0.25, 0.3) is 0 Å². The van der Waals surface area contributed by atoms with Crippen molar-refractivity contribution in [1.29, 1.82) is 0 Å². The quantitative estimate of drug-likeness (QED) is 0.117. The summed E-state index contributed by atoms with van der Waals surface area (Å²) in [6, 6.07) is 11.4. The average Bonchev–Trinajstić information content (AvgIpc) is 4.13. The van der Waals surface area contributed by atoms with E-state index >= 15 is 0 Å². The second-order valence-electron chi connectivity index (χ2n) is 17.9. The number of piperidine rings is 2. The van der Waals surface area contributed by atoms with Crippen LogP contribution < -0.4 is 10.6 Å². The number of hydrogen-bond donors (Lipinski definition) is 4. The highest BCUT2D eigenvalue weighted by molar-refractivity contribution is 5.87. The van der Waals surface area contributed by atoms with Crippen molar-refractivity contribution >= 4 is 24.0 Å². The van der Waals surface area contributed by atoms with Gasteiger partial charge in [-0.2, -0.15) is 0 Å². The summed E-state index contributed by atoms with van der Waals surface area (Å²) in [5.41, 5.74) is 9.34. The monoisotopic (exact) mass is 832 g/mol. The molecule has 2 aromatic heterocycles. The third kappa shape index (κ3) is 8.25. The predicted octanol–water partition coefficient (Wildman–Crippen LogP) is 8.37. The number of nitrogens with one attached hydrogen (secondary N) is 4. The lowest BCUT2D eigenvalue weighted by Crippen LogP contribution is -2.53. The zero-order valence-corrected chi connectivity index (χ0v) is 36.3. The number of hydrogen-bond acceptors (Lipinski definition) is 8. The van der Waals surface area contributed by atoms with Gasteiger partial charge in [-0.15, -0.1) is 0 Å². The molecule has 14 nitrogen and oxygen atoms in total. The van der Waals surface area contributed by atoms with E-state index < -0.39 is 24.3 Å². The summed E-state index contributed by atoms with van der Waals surface area (Å²) < 4.78 is 9.65. The molecule has 6 atom stereocenters. The fourth-order valence-corrected chi connectivity index (χ4v) is 10.3. The number of likely N-dealkylation sites (tertiary alicyclic amines) is 2. The molecule has 4 amide bonds. The van der Waals surface area contributed by atoms with Crippen LogP contribution in [0.4, 0.5) is 9.59 Å². The smallest absolute Gasteiger partial charge is 0.407 e. The molecule has 2 aromatic carbocycles. The number of H-pyrrole nitrogens is 2. The zero-order valence-electron chi connectivity index (χ0n) is 36.3. The van der Waals surface area contributed by atoms with Crippen molar-refractivity contribution in [3.63, 3.8) is 0 Å². The van der Waals surface area contributed by atoms with Crippen LogP contribution in [0.25, 0.3) is 33.6 Å². The number of ether oxygens (including phenoxy) is 2. The summed E-state index contributed by atoms with van der Waals surface area (Å²) in [4.78, 5) is 72.6. The van der Waals surface area contributed by atoms with E-state index in [9.17, 15) is 19.2 Å². The van der Waals surface area contributed by atoms with Crippen molar-refractivity contribution in [2.24, 2.45) is 11.8 Å². The number of aromatic amines is 2. The molecule has 2 bridgehead atoms. The molecule has 4 N–H and O–H groups in total. The topological polar surface area (TPSA) is 175 Å². The molecule has 0 radical (unpaired) electrons. The summed E-state index contributed by atoms with van der Waals surface area (Å²) >= 11 is 0. The van der Waals surface area contributed by atoms with Crippen LogP contribution in [0.3, 0.4) is 0 Å². The lowest BCUT2D eigenvalue weighted by molar-refractivity contribution is -0.139. The third-order valence-corrected chi connectivity index (χ3v) is 13.5. The van der Waals surface area contributed by atoms with E-state index in [0.29, 0.717) is 24.9 Å². The molecule has 0 spiro atoms. The summed E-state index contributed by atoms with van der Waals surface area (Å²) in [5.74, 6) is 2.08. The Hall–Kier alpha value is -5.66. The Kier molecular flexibility index (Phi) is 12.2. The largest absolute Gasteiger partial charge is 0.453 e. The molecule has 2 aliphatic carbocycles. The molecule has 1 saturated carbocycles. The van der Waals surface area contributed by atoms with Gasteiger partial charge in [-0.3, -0.25) is 9.59 Å². The van der Waals surface area contributed by atoms with Crippen LogP contribution in [0.15, 0.2) is 48.8 Å². The number of imidazole rings is 2. The molecule has 8 rings (SSSR count). The highest BCUT2D eigenvalue weighted by Gasteiger charge is 2.42. The molecule has 61 heavy (non-hydrogen) atoms. The first-order chi connectivity index (χ1) is 29.5. The van der Waals surface area contributed by atoms with Crippen molar-refractivity contribution in [3.8, 4) is 33.6 Å². The van der Waals surface area contributed by atoms with E-state index in [1.54, 1.807) is 0 Å². The maximum Gasteiger partial charge on any atom is 0.407 e. The minimum atomic E-state index is -0.690. The van der Waals surface area contributed by atoms with E-state index in [2.05, 4.69) is 57.0 Å². The molecule has 2 saturated heterocycles. The molecule has 2 aliphatic heterocycles. The molecular formula is C47H60N8O6. The number of aromatic nitrogens is 4. The number of carbonyl (C=O) groups is 4. The second-order valence-corrected chi connectivity index (χ2v) is 17.9. The van der Waals surface area contributed by atoms with E-state index in [1.807, 2.05) is 49.9 Å². The maximum atomic E-state index is 13.9. The predicted molar refractivity (Wildman–Crippen MR) is 231 cm³/mol. The van der Waals surface area contributed by atoms with Gasteiger partial charge in [0, 0.05) is 18.7 Å². The Bertz CT molecular complexity index is 2250. The van der Waals surface area contributed by atoms with Gasteiger partial charge in [-0.05, 0) is 109 Å². The van der Waals surface area contributed by atoms with Gasteiger partial charge in [0.15, 0.2) is 0 Å². The van der Waals surface area contributed by atoms with Gasteiger partial charge < -0.3 is 39.9 Å². The van der Waals surface area contributed by atoms with Gasteiger partial charge in [-0.1, -0.05) is 64.1 Å². The van der Waals surface area contributed by atoms with E-state index in [1.165, 1.54) is 54.9 Å². The number of carbonyl (C=O) groups excluding carboxylic acids is 4. The molecule has 4 aromatic rings. The number of alkyl carbamates (subject to hydrolysis) is 2. The van der Waals surface area contributed by atoms with Crippen molar-refractivity contribution in [1.82, 2.24) is 40.4 Å². The van der Waals surface area contributed by atoms with Crippen LogP contribution in [-0.4, -0.2) is 93.1 Å². The lowest BCUT2D eigenvalue weighted by atomic mass is 9.82. The van der Waals surface area contributed by atoms with Crippen LogP contribution in [0.2, 0.25) is 0 Å². The minimum absolute atomic E-state index is 0.105. The Morgan fingerprint density at radius 3 is 1.59 bits per heavy atom. The number of nitrogens with zero attached hydrogens (tertiary/aromatic N) is 4. The Morgan fingerprint density at radius 2 is 1.08 bits per heavy atom. The molecular weight excluding hydrogens is 773 g/mol. The van der Waals surface area contributed by atoms with E-state index in [-0.39, 0.29) is 35.7 Å². The summed E-state index contributed by atoms with van der Waals surface area (Å²) in [6.07, 6.45) is 11.4. The van der Waals surface area contributed by atoms with Gasteiger partial charge >= 0.3 is 12.2 Å². The SMILES string of the molecule is COC(=O)NC(C(=O)N1CCCCC1c1ncc(-c2ccc(-c3ccc(-c4cnc(C5CCCCN5C(=O)C(NC(=O)OC)C(C)C)[nH]4)c4c3C3CCC4C3)cc2)[nH]1)C(C)C. The van der Waals surface area contributed by atoms with Crippen LogP contribution in [-0.2, 0) is 19.1 Å². The Labute approximate surface area is 358 Å². The fraction of sp³-hybridized carbons (Fsp3) is 0.532. The van der Waals surface area contributed by atoms with Crippen molar-refractivity contribution in [3.05, 3.63) is 71.6 Å². The molecule has 4 aliphatic rings. The summed E-state index contributed by atoms with van der Waals surface area (Å²) in [5, 5.41) is 5.50. The zero-order chi connectivity index (χ0) is 42.9. The minimum Gasteiger partial charge on any atom is -0.453 e. The summed E-state index contributed by atoms with van der Waals surface area (Å²) in [6.45, 7) is 8.91. The fourth-order valence-electron chi connectivity index (χ4n) is 10.3. The molecule has 14 heteroatoms. The number of rotatable bonds is 11. The highest BCUT2D eigenvalue weighted by atomic mass is 16.5. The number of fused-ring (bicyclic) bond motifs is 5. The molecule has 3 fully saturated rings. The maximum absolute atomic E-state index is 13.9. The van der Waals surface area contributed by atoms with Gasteiger partial charge in [0.2, 0.25) is 11.8 Å². The van der Waals surface area contributed by atoms with Gasteiger partial charge in [-0.25, -0.2) is 19.6 Å². The van der Waals surface area contributed by atoms with Crippen molar-refractivity contribution < 1.29 is 28.7 Å². The molecule has 324 valence electrons. The van der Waals surface area contributed by atoms with Crippen molar-refractivity contribution in [2.75, 3.05) is 27.3 Å². The highest BCUT2D eigenvalue weighted by Crippen LogP contribution is 2.58. The van der Waals surface area contributed by atoms with Crippen LogP contribution in [0, 0.1) is 11.8 Å². The molecule has 6 unspecified atom stereocenters. The van der Waals surface area contributed by atoms with E-state index in [0.717, 1.165) is 73.5 Å². The first-order valence-corrected chi connectivity index (χ1v) is 22.1. The number of amides is 4. The second kappa shape index (κ2) is 17.7. The Balaban J connectivity index is 1.02. The first kappa shape index (κ1) is 42.0. The third-order valence-electron chi connectivity index (χ3n) is 13.5. The van der Waals surface area contributed by atoms with E-state index in [4.69, 9.17) is 19.4 Å². The van der Waals surface area contributed by atoms with Crippen LogP contribution in [0.1, 0.15) is 132 Å². The average molecular weight is 833 g/mol. The first-order valence-electron chi connectivity index (χ1n) is 22.1. The van der Waals surface area contributed by atoms with Crippen molar-refractivity contribution in [2.45, 2.75) is 121 Å². The van der Waals surface area contributed by atoms with Gasteiger partial charge in [0.1, 0.15) is 23.7 Å². The van der Waals surface area contributed by atoms with Crippen LogP contribution >= 0.6 is 0 Å². The lowest BCUT2D eigenvalue weighted by Gasteiger charge is -2.37. The number of benzene rings is 2. The Morgan fingerprint density at radius 1 is 0.623 bits per heavy atom. The van der Waals surface area contributed by atoms with Gasteiger partial charge in [0.05, 0.1) is 50.1 Å². The normalized spacial score (nSPS) is 21.9. The summed E-state index contributed by atoms with van der Waals surface area (Å²) in [7, 11) is 2.61. The molecule has 4 heterocycles. The standard InChI is InChI=1S/C47H60N8O6/c1-26(2)40(52-46(58)60-5)44(56)54-21-9-7-11-36(54)42-48-24-34(50-42)29-15-13-28(14-16-29)32-19-20-33(39-31-18-17-30(23-31)38(32)39)35-25-49-43(51-35)37-12-8-10-22-55(37)45(57)41(27(3)4)53-47(59)61-6/h13-16,19-20,24-27,30-31,36-37,40-41H,7-12,17-18,21-23H2,1-6H3,(H,48,50)(H,49,51)(H,52,58)(H,53,59).